The van der Waals surface area contributed by atoms with Crippen LogP contribution >= 0.6 is 0 Å². The maximum Gasteiger partial charge on any atom is 0.251 e. The predicted molar refractivity (Wildman–Crippen MR) is 58.6 cm³/mol. The monoisotopic (exact) mass is 191 g/mol. The zero-order chi connectivity index (χ0) is 10.6. The first-order valence-electron chi connectivity index (χ1n) is 5.00. The molecule has 1 rings (SSSR count). The molecule has 0 saturated heterocycles. The molecule has 14 heavy (non-hydrogen) atoms. The van der Waals surface area contributed by atoms with Crippen molar-refractivity contribution in [1.82, 2.24) is 5.32 Å². The summed E-state index contributed by atoms with van der Waals surface area (Å²) in [5, 5.41) is 2.66. The zero-order valence-corrected chi connectivity index (χ0v) is 9.05. The Labute approximate surface area is 85.3 Å². The normalized spacial score (nSPS) is 9.93. The number of aryl methyl sites for hydroxylation is 2. The number of benzene rings is 1. The van der Waals surface area contributed by atoms with Gasteiger partial charge in [0.05, 0.1) is 0 Å². The summed E-state index contributed by atoms with van der Waals surface area (Å²) in [5.41, 5.74) is 3.16. The van der Waals surface area contributed by atoms with Gasteiger partial charge in [-0.1, -0.05) is 31.0 Å². The molecule has 0 fully saturated rings. The Morgan fingerprint density at radius 3 is 2.71 bits per heavy atom. The molecular formula is C12H17NO. The third-order valence-corrected chi connectivity index (χ3v) is 2.25. The van der Waals surface area contributed by atoms with Gasteiger partial charge >= 0.3 is 0 Å². The number of carbonyl (C=O) groups excluding carboxylic acids is 1. The van der Waals surface area contributed by atoms with E-state index in [0.29, 0.717) is 0 Å². The Morgan fingerprint density at radius 2 is 2.14 bits per heavy atom. The van der Waals surface area contributed by atoms with Crippen LogP contribution in [0, 0.1) is 6.92 Å². The van der Waals surface area contributed by atoms with Crippen LogP contribution in [0.2, 0.25) is 0 Å². The van der Waals surface area contributed by atoms with Crippen molar-refractivity contribution in [2.75, 3.05) is 7.05 Å². The van der Waals surface area contributed by atoms with Crippen molar-refractivity contribution in [1.29, 1.82) is 0 Å². The van der Waals surface area contributed by atoms with Gasteiger partial charge in [-0.05, 0) is 25.0 Å². The lowest BCUT2D eigenvalue weighted by atomic mass is 10.0. The van der Waals surface area contributed by atoms with Crippen LogP contribution in [0.4, 0.5) is 0 Å². The summed E-state index contributed by atoms with van der Waals surface area (Å²) in [6.45, 7) is 4.17. The van der Waals surface area contributed by atoms with E-state index in [1.54, 1.807) is 7.05 Å². The molecular weight excluding hydrogens is 174 g/mol. The first-order chi connectivity index (χ1) is 6.69. The van der Waals surface area contributed by atoms with E-state index in [4.69, 9.17) is 0 Å². The Morgan fingerprint density at radius 1 is 1.43 bits per heavy atom. The largest absolute Gasteiger partial charge is 0.355 e. The molecule has 1 aromatic rings. The molecule has 0 aromatic heterocycles. The van der Waals surface area contributed by atoms with E-state index < -0.39 is 0 Å². The molecule has 2 heteroatoms. The van der Waals surface area contributed by atoms with Crippen molar-refractivity contribution >= 4 is 5.91 Å². The Balaban J connectivity index is 3.07. The minimum Gasteiger partial charge on any atom is -0.355 e. The number of carbonyl (C=O) groups is 1. The molecule has 2 nitrogen and oxygen atoms in total. The number of hydrogen-bond acceptors (Lipinski definition) is 1. The topological polar surface area (TPSA) is 29.1 Å². The van der Waals surface area contributed by atoms with Gasteiger partial charge in [-0.15, -0.1) is 0 Å². The SMILES string of the molecule is CCCc1cc(C)ccc1C(=O)NC. The van der Waals surface area contributed by atoms with Crippen LogP contribution in [0.25, 0.3) is 0 Å². The van der Waals surface area contributed by atoms with E-state index in [1.807, 2.05) is 19.1 Å². The predicted octanol–water partition coefficient (Wildman–Crippen LogP) is 2.31. The van der Waals surface area contributed by atoms with Gasteiger partial charge < -0.3 is 5.32 Å². The molecule has 1 aromatic carbocycles. The highest BCUT2D eigenvalue weighted by molar-refractivity contribution is 5.95. The van der Waals surface area contributed by atoms with Crippen molar-refractivity contribution in [3.05, 3.63) is 34.9 Å². The third kappa shape index (κ3) is 2.34. The molecule has 0 spiro atoms. The summed E-state index contributed by atoms with van der Waals surface area (Å²) in [7, 11) is 1.66. The van der Waals surface area contributed by atoms with Gasteiger partial charge in [0.2, 0.25) is 0 Å². The van der Waals surface area contributed by atoms with E-state index in [1.165, 1.54) is 5.56 Å². The molecule has 0 bridgehead atoms. The van der Waals surface area contributed by atoms with Gasteiger partial charge in [0.1, 0.15) is 0 Å². The third-order valence-electron chi connectivity index (χ3n) is 2.25. The van der Waals surface area contributed by atoms with Crippen LogP contribution in [0.1, 0.15) is 34.8 Å². The smallest absolute Gasteiger partial charge is 0.251 e. The van der Waals surface area contributed by atoms with E-state index in [2.05, 4.69) is 18.3 Å². The molecule has 1 N–H and O–H groups in total. The van der Waals surface area contributed by atoms with Crippen LogP contribution in [0.15, 0.2) is 18.2 Å². The molecule has 0 atom stereocenters. The van der Waals surface area contributed by atoms with Crippen LogP contribution in [0.3, 0.4) is 0 Å². The second-order valence-electron chi connectivity index (χ2n) is 3.49. The number of amides is 1. The van der Waals surface area contributed by atoms with Gasteiger partial charge in [-0.3, -0.25) is 4.79 Å². The van der Waals surface area contributed by atoms with Crippen molar-refractivity contribution in [2.45, 2.75) is 26.7 Å². The summed E-state index contributed by atoms with van der Waals surface area (Å²) in [5.74, 6) is 0.00782. The molecule has 76 valence electrons. The van der Waals surface area contributed by atoms with Crippen LogP contribution in [-0.4, -0.2) is 13.0 Å². The summed E-state index contributed by atoms with van der Waals surface area (Å²) in [6.07, 6.45) is 2.03. The fourth-order valence-electron chi connectivity index (χ4n) is 1.55. The van der Waals surface area contributed by atoms with Crippen LogP contribution in [-0.2, 0) is 6.42 Å². The van der Waals surface area contributed by atoms with Crippen LogP contribution < -0.4 is 5.32 Å². The minimum absolute atomic E-state index is 0.00782. The second-order valence-corrected chi connectivity index (χ2v) is 3.49. The van der Waals surface area contributed by atoms with Gasteiger partial charge in [0.15, 0.2) is 0 Å². The molecule has 0 radical (unpaired) electrons. The van der Waals surface area contributed by atoms with Gasteiger partial charge in [0.25, 0.3) is 5.91 Å². The summed E-state index contributed by atoms with van der Waals surface area (Å²) in [4.78, 5) is 11.5. The maximum absolute atomic E-state index is 11.5. The van der Waals surface area contributed by atoms with Crippen LogP contribution in [0.5, 0.6) is 0 Å². The molecule has 0 aliphatic carbocycles. The van der Waals surface area contributed by atoms with E-state index in [0.717, 1.165) is 24.0 Å². The number of hydrogen-bond donors (Lipinski definition) is 1. The highest BCUT2D eigenvalue weighted by Gasteiger charge is 2.08. The van der Waals surface area contributed by atoms with Crippen molar-refractivity contribution in [2.24, 2.45) is 0 Å². The van der Waals surface area contributed by atoms with Crippen molar-refractivity contribution < 1.29 is 4.79 Å². The average Bonchev–Trinajstić information content (AvgIpc) is 2.17. The molecule has 0 saturated carbocycles. The van der Waals surface area contributed by atoms with E-state index in [-0.39, 0.29) is 5.91 Å². The molecule has 0 heterocycles. The number of nitrogens with one attached hydrogen (secondary N) is 1. The summed E-state index contributed by atoms with van der Waals surface area (Å²) < 4.78 is 0. The Hall–Kier alpha value is -1.31. The standard InChI is InChI=1S/C12H17NO/c1-4-5-10-8-9(2)6-7-11(10)12(14)13-3/h6-8H,4-5H2,1-3H3,(H,13,14). The van der Waals surface area contributed by atoms with Gasteiger partial charge in [-0.2, -0.15) is 0 Å². The first-order valence-corrected chi connectivity index (χ1v) is 5.00. The van der Waals surface area contributed by atoms with E-state index >= 15 is 0 Å². The Bertz CT molecular complexity index is 331. The fourth-order valence-corrected chi connectivity index (χ4v) is 1.55. The Kier molecular flexibility index (Phi) is 3.69. The summed E-state index contributed by atoms with van der Waals surface area (Å²) >= 11 is 0. The van der Waals surface area contributed by atoms with Crippen molar-refractivity contribution in [3.8, 4) is 0 Å². The van der Waals surface area contributed by atoms with Gasteiger partial charge in [0, 0.05) is 12.6 Å². The lowest BCUT2D eigenvalue weighted by Crippen LogP contribution is -2.19. The summed E-state index contributed by atoms with van der Waals surface area (Å²) in [6, 6.07) is 5.97. The maximum atomic E-state index is 11.5. The lowest BCUT2D eigenvalue weighted by Gasteiger charge is -2.08. The highest BCUT2D eigenvalue weighted by Crippen LogP contribution is 2.13. The molecule has 0 aliphatic rings. The highest BCUT2D eigenvalue weighted by atomic mass is 16.1. The molecule has 0 aliphatic heterocycles. The van der Waals surface area contributed by atoms with Gasteiger partial charge in [-0.25, -0.2) is 0 Å². The van der Waals surface area contributed by atoms with Crippen molar-refractivity contribution in [3.63, 3.8) is 0 Å². The first kappa shape index (κ1) is 10.8. The molecule has 0 unspecified atom stereocenters. The van der Waals surface area contributed by atoms with E-state index in [9.17, 15) is 4.79 Å². The molecule has 1 amide bonds. The number of rotatable bonds is 3. The zero-order valence-electron chi connectivity index (χ0n) is 9.05. The quantitative estimate of drug-likeness (QED) is 0.780. The average molecular weight is 191 g/mol. The second kappa shape index (κ2) is 4.80. The fraction of sp³-hybridized carbons (Fsp3) is 0.417. The minimum atomic E-state index is 0.00782. The lowest BCUT2D eigenvalue weighted by molar-refractivity contribution is 0.0962.